The number of rotatable bonds is 3. The molecule has 134 valence electrons. The van der Waals surface area contributed by atoms with Gasteiger partial charge in [-0.1, -0.05) is 20.8 Å². The Labute approximate surface area is 155 Å². The van der Waals surface area contributed by atoms with Gasteiger partial charge in [-0.25, -0.2) is 4.98 Å². The van der Waals surface area contributed by atoms with Crippen LogP contribution >= 0.6 is 22.7 Å². The van der Waals surface area contributed by atoms with Gasteiger partial charge in [-0.15, -0.1) is 22.7 Å². The summed E-state index contributed by atoms with van der Waals surface area (Å²) in [6.07, 6.45) is 3.21. The fraction of sp³-hybridized carbons (Fsp3) is 0.556. The van der Waals surface area contributed by atoms with Crippen molar-refractivity contribution in [2.45, 2.75) is 27.2 Å². The summed E-state index contributed by atoms with van der Waals surface area (Å²) >= 11 is 3.14. The normalized spacial score (nSPS) is 17.0. The largest absolute Gasteiger partial charge is 0.335 e. The quantitative estimate of drug-likeness (QED) is 0.698. The SMILES string of the molecule is CC(C)(C)CCN1CCN(C(=O)c2cc3c(nc4sccn43)s2)CC1. The number of piperazine rings is 1. The van der Waals surface area contributed by atoms with Crippen molar-refractivity contribution < 1.29 is 4.79 Å². The molecule has 3 aromatic rings. The van der Waals surface area contributed by atoms with Crippen LogP contribution in [-0.4, -0.2) is 57.8 Å². The maximum Gasteiger partial charge on any atom is 0.264 e. The van der Waals surface area contributed by atoms with E-state index in [0.29, 0.717) is 5.41 Å². The number of carbonyl (C=O) groups is 1. The first-order valence-corrected chi connectivity index (χ1v) is 10.5. The number of hydrogen-bond donors (Lipinski definition) is 0. The lowest BCUT2D eigenvalue weighted by atomic mass is 9.92. The number of amides is 1. The van der Waals surface area contributed by atoms with Crippen LogP contribution in [0, 0.1) is 5.41 Å². The summed E-state index contributed by atoms with van der Waals surface area (Å²) in [5.41, 5.74) is 1.42. The van der Waals surface area contributed by atoms with Crippen LogP contribution in [0.1, 0.15) is 36.9 Å². The Hall–Kier alpha value is -1.44. The number of thiazole rings is 1. The van der Waals surface area contributed by atoms with Crippen molar-refractivity contribution in [2.24, 2.45) is 5.41 Å². The number of carbonyl (C=O) groups excluding carboxylic acids is 1. The van der Waals surface area contributed by atoms with E-state index in [1.807, 2.05) is 22.5 Å². The van der Waals surface area contributed by atoms with Crippen LogP contribution in [0.5, 0.6) is 0 Å². The summed E-state index contributed by atoms with van der Waals surface area (Å²) in [6.45, 7) is 11.6. The van der Waals surface area contributed by atoms with E-state index in [2.05, 4.69) is 35.1 Å². The lowest BCUT2D eigenvalue weighted by molar-refractivity contribution is 0.0628. The molecular formula is C18H24N4OS2. The van der Waals surface area contributed by atoms with Gasteiger partial charge in [0.15, 0.2) is 4.96 Å². The fourth-order valence-corrected chi connectivity index (χ4v) is 4.94. The second kappa shape index (κ2) is 6.37. The number of imidazole rings is 1. The van der Waals surface area contributed by atoms with Crippen LogP contribution in [0.25, 0.3) is 15.3 Å². The first kappa shape index (κ1) is 17.0. The van der Waals surface area contributed by atoms with Crippen molar-refractivity contribution in [1.82, 2.24) is 19.2 Å². The average molecular weight is 377 g/mol. The minimum absolute atomic E-state index is 0.155. The van der Waals surface area contributed by atoms with Crippen molar-refractivity contribution in [3.05, 3.63) is 22.5 Å². The number of nitrogens with zero attached hydrogens (tertiary/aromatic N) is 4. The molecule has 0 saturated carbocycles. The van der Waals surface area contributed by atoms with Gasteiger partial charge < -0.3 is 4.90 Å². The highest BCUT2D eigenvalue weighted by Crippen LogP contribution is 2.29. The summed E-state index contributed by atoms with van der Waals surface area (Å²) in [5, 5.41) is 2.03. The van der Waals surface area contributed by atoms with Gasteiger partial charge in [0.25, 0.3) is 5.91 Å². The number of thiophene rings is 1. The van der Waals surface area contributed by atoms with Crippen molar-refractivity contribution in [2.75, 3.05) is 32.7 Å². The van der Waals surface area contributed by atoms with E-state index in [1.165, 1.54) is 17.8 Å². The summed E-state index contributed by atoms with van der Waals surface area (Å²) in [5.74, 6) is 0.155. The van der Waals surface area contributed by atoms with Gasteiger partial charge in [-0.05, 0) is 24.4 Å². The molecule has 0 unspecified atom stereocenters. The summed E-state index contributed by atoms with van der Waals surface area (Å²) < 4.78 is 2.07. The number of fused-ring (bicyclic) bond motifs is 3. The Bertz CT molecular complexity index is 893. The Balaban J connectivity index is 1.41. The van der Waals surface area contributed by atoms with Crippen LogP contribution in [0.2, 0.25) is 0 Å². The predicted octanol–water partition coefficient (Wildman–Crippen LogP) is 3.80. The van der Waals surface area contributed by atoms with Crippen LogP contribution < -0.4 is 0 Å². The summed E-state index contributed by atoms with van der Waals surface area (Å²) in [7, 11) is 0. The molecule has 5 nitrogen and oxygen atoms in total. The monoisotopic (exact) mass is 376 g/mol. The molecule has 1 amide bonds. The Morgan fingerprint density at radius 2 is 2.00 bits per heavy atom. The molecule has 4 rings (SSSR count). The van der Waals surface area contributed by atoms with Crippen LogP contribution in [-0.2, 0) is 0 Å². The fourth-order valence-electron chi connectivity index (χ4n) is 3.18. The highest BCUT2D eigenvalue weighted by atomic mass is 32.1. The highest BCUT2D eigenvalue weighted by molar-refractivity contribution is 7.21. The second-order valence-corrected chi connectivity index (χ2v) is 9.82. The van der Waals surface area contributed by atoms with Gasteiger partial charge in [-0.3, -0.25) is 14.1 Å². The molecule has 0 spiro atoms. The third kappa shape index (κ3) is 3.45. The molecule has 3 aromatic heterocycles. The van der Waals surface area contributed by atoms with Crippen molar-refractivity contribution in [1.29, 1.82) is 0 Å². The topological polar surface area (TPSA) is 40.8 Å². The predicted molar refractivity (Wildman–Crippen MR) is 105 cm³/mol. The van der Waals surface area contributed by atoms with Crippen LogP contribution in [0.4, 0.5) is 0 Å². The van der Waals surface area contributed by atoms with Crippen molar-refractivity contribution in [3.8, 4) is 0 Å². The van der Waals surface area contributed by atoms with E-state index in [0.717, 1.165) is 52.9 Å². The lowest BCUT2D eigenvalue weighted by Gasteiger charge is -2.35. The standard InChI is InChI=1S/C18H24N4OS2/c1-18(2,3)4-5-20-6-8-21(9-7-20)16(23)14-12-13-15(25-14)19-17-22(13)10-11-24-17/h10-12H,4-9H2,1-3H3. The van der Waals surface area contributed by atoms with Crippen molar-refractivity contribution in [3.63, 3.8) is 0 Å². The molecule has 0 aliphatic carbocycles. The molecule has 0 aromatic carbocycles. The van der Waals surface area contributed by atoms with Gasteiger partial charge in [0.1, 0.15) is 4.83 Å². The number of hydrogen-bond acceptors (Lipinski definition) is 5. The summed E-state index contributed by atoms with van der Waals surface area (Å²) in [6, 6.07) is 2.00. The zero-order valence-electron chi connectivity index (χ0n) is 15.0. The zero-order valence-corrected chi connectivity index (χ0v) is 16.6. The van der Waals surface area contributed by atoms with Gasteiger partial charge in [0.05, 0.1) is 10.4 Å². The molecule has 25 heavy (non-hydrogen) atoms. The molecule has 0 radical (unpaired) electrons. The molecule has 1 fully saturated rings. The minimum atomic E-state index is 0.155. The summed E-state index contributed by atoms with van der Waals surface area (Å²) in [4.78, 5) is 24.7. The lowest BCUT2D eigenvalue weighted by Crippen LogP contribution is -2.49. The first-order chi connectivity index (χ1) is 11.9. The maximum absolute atomic E-state index is 12.8. The Morgan fingerprint density at radius 1 is 1.24 bits per heavy atom. The molecule has 1 saturated heterocycles. The third-order valence-electron chi connectivity index (χ3n) is 4.79. The molecule has 0 N–H and O–H groups in total. The minimum Gasteiger partial charge on any atom is -0.335 e. The Kier molecular flexibility index (Phi) is 4.33. The molecule has 7 heteroatoms. The zero-order chi connectivity index (χ0) is 17.6. The van der Waals surface area contributed by atoms with E-state index in [-0.39, 0.29) is 5.91 Å². The first-order valence-electron chi connectivity index (χ1n) is 8.77. The van der Waals surface area contributed by atoms with Gasteiger partial charge in [-0.2, -0.15) is 0 Å². The van der Waals surface area contributed by atoms with Gasteiger partial charge in [0, 0.05) is 37.8 Å². The van der Waals surface area contributed by atoms with E-state index in [9.17, 15) is 4.79 Å². The Morgan fingerprint density at radius 3 is 2.72 bits per heavy atom. The molecule has 0 bridgehead atoms. The number of aromatic nitrogens is 2. The average Bonchev–Trinajstić information content (AvgIpc) is 3.24. The highest BCUT2D eigenvalue weighted by Gasteiger charge is 2.25. The van der Waals surface area contributed by atoms with Crippen molar-refractivity contribution >= 4 is 43.9 Å². The molecular weight excluding hydrogens is 352 g/mol. The van der Waals surface area contributed by atoms with Crippen LogP contribution in [0.15, 0.2) is 17.6 Å². The van der Waals surface area contributed by atoms with E-state index in [1.54, 1.807) is 11.3 Å². The molecule has 1 aliphatic heterocycles. The maximum atomic E-state index is 12.8. The van der Waals surface area contributed by atoms with E-state index < -0.39 is 0 Å². The van der Waals surface area contributed by atoms with E-state index >= 15 is 0 Å². The van der Waals surface area contributed by atoms with E-state index in [4.69, 9.17) is 0 Å². The third-order valence-corrected chi connectivity index (χ3v) is 6.55. The second-order valence-electron chi connectivity index (χ2n) is 7.91. The van der Waals surface area contributed by atoms with Gasteiger partial charge in [0.2, 0.25) is 0 Å². The van der Waals surface area contributed by atoms with Gasteiger partial charge >= 0.3 is 0 Å². The molecule has 0 atom stereocenters. The smallest absolute Gasteiger partial charge is 0.264 e. The molecule has 4 heterocycles. The van der Waals surface area contributed by atoms with Crippen LogP contribution in [0.3, 0.4) is 0 Å². The molecule has 1 aliphatic rings.